The van der Waals surface area contributed by atoms with E-state index in [0.29, 0.717) is 35.1 Å². The van der Waals surface area contributed by atoms with Gasteiger partial charge in [0.15, 0.2) is 5.11 Å². The molecule has 0 spiro atoms. The van der Waals surface area contributed by atoms with Crippen LogP contribution in [-0.2, 0) is 4.79 Å². The molecular weight excluding hydrogens is 295 g/mol. The van der Waals surface area contributed by atoms with Gasteiger partial charge in [-0.2, -0.15) is 0 Å². The van der Waals surface area contributed by atoms with Crippen LogP contribution in [0.1, 0.15) is 10.4 Å². The van der Waals surface area contributed by atoms with E-state index in [4.69, 9.17) is 35.4 Å². The molecular formula is C11H8Cl2N2O2S. The molecule has 1 aliphatic heterocycles. The molecule has 1 aromatic carbocycles. The molecule has 0 bridgehead atoms. The lowest BCUT2D eigenvalue weighted by molar-refractivity contribution is -0.114. The quantitative estimate of drug-likeness (QED) is 0.621. The highest BCUT2D eigenvalue weighted by atomic mass is 35.5. The summed E-state index contributed by atoms with van der Waals surface area (Å²) in [6, 6.07) is 4.57. The molecule has 2 rings (SSSR count). The maximum absolute atomic E-state index is 12.2. The zero-order valence-electron chi connectivity index (χ0n) is 9.10. The van der Waals surface area contributed by atoms with Crippen molar-refractivity contribution in [3.8, 4) is 0 Å². The van der Waals surface area contributed by atoms with Gasteiger partial charge < -0.3 is 0 Å². The highest BCUT2D eigenvalue weighted by Gasteiger charge is 2.30. The van der Waals surface area contributed by atoms with Crippen molar-refractivity contribution in [3.63, 3.8) is 0 Å². The van der Waals surface area contributed by atoms with Gasteiger partial charge in [-0.25, -0.2) is 0 Å². The fourth-order valence-corrected chi connectivity index (χ4v) is 2.51. The summed E-state index contributed by atoms with van der Waals surface area (Å²) in [4.78, 5) is 25.5. The molecule has 0 unspecified atom stereocenters. The molecule has 94 valence electrons. The van der Waals surface area contributed by atoms with Crippen LogP contribution < -0.4 is 0 Å². The number of thiocarbonyl (C=S) groups is 1. The average Bonchev–Trinajstić information content (AvgIpc) is 2.68. The molecule has 1 aromatic rings. The van der Waals surface area contributed by atoms with Crippen molar-refractivity contribution >= 4 is 52.8 Å². The van der Waals surface area contributed by atoms with Crippen molar-refractivity contribution in [3.05, 3.63) is 33.8 Å². The second kappa shape index (κ2) is 5.22. The maximum Gasteiger partial charge on any atom is 0.260 e. The molecule has 2 amide bonds. The zero-order chi connectivity index (χ0) is 13.3. The van der Waals surface area contributed by atoms with Gasteiger partial charge in [0.2, 0.25) is 6.41 Å². The van der Waals surface area contributed by atoms with E-state index in [1.807, 2.05) is 0 Å². The Balaban J connectivity index is 2.27. The minimum atomic E-state index is -0.311. The minimum Gasteiger partial charge on any atom is -0.290 e. The Bertz CT molecular complexity index is 516. The molecule has 18 heavy (non-hydrogen) atoms. The van der Waals surface area contributed by atoms with Crippen molar-refractivity contribution in [1.82, 2.24) is 9.80 Å². The van der Waals surface area contributed by atoms with E-state index in [2.05, 4.69) is 0 Å². The highest BCUT2D eigenvalue weighted by molar-refractivity contribution is 7.80. The number of hydrogen-bond donors (Lipinski definition) is 0. The third-order valence-corrected chi connectivity index (χ3v) is 3.41. The van der Waals surface area contributed by atoms with Crippen LogP contribution in [0.2, 0.25) is 10.0 Å². The van der Waals surface area contributed by atoms with Crippen LogP contribution in [0.15, 0.2) is 18.2 Å². The maximum atomic E-state index is 12.2. The first-order valence-electron chi connectivity index (χ1n) is 5.07. The normalized spacial score (nSPS) is 15.1. The Hall–Kier alpha value is -1.17. The molecule has 1 saturated heterocycles. The second-order valence-corrected chi connectivity index (χ2v) is 4.93. The lowest BCUT2D eigenvalue weighted by Gasteiger charge is -2.16. The smallest absolute Gasteiger partial charge is 0.260 e. The Kier molecular flexibility index (Phi) is 3.85. The van der Waals surface area contributed by atoms with Crippen LogP contribution >= 0.6 is 35.4 Å². The zero-order valence-corrected chi connectivity index (χ0v) is 11.4. The summed E-state index contributed by atoms with van der Waals surface area (Å²) < 4.78 is 0. The first kappa shape index (κ1) is 13.3. The summed E-state index contributed by atoms with van der Waals surface area (Å²) >= 11 is 16.7. The highest BCUT2D eigenvalue weighted by Crippen LogP contribution is 2.21. The van der Waals surface area contributed by atoms with E-state index < -0.39 is 0 Å². The van der Waals surface area contributed by atoms with Crippen molar-refractivity contribution < 1.29 is 9.59 Å². The molecule has 0 aliphatic carbocycles. The van der Waals surface area contributed by atoms with Gasteiger partial charge in [-0.3, -0.25) is 19.4 Å². The number of carbonyl (C=O) groups excluding carboxylic acids is 2. The predicted molar refractivity (Wildman–Crippen MR) is 72.9 cm³/mol. The number of carbonyl (C=O) groups is 2. The number of rotatable bonds is 2. The Morgan fingerprint density at radius 2 is 1.83 bits per heavy atom. The topological polar surface area (TPSA) is 40.6 Å². The van der Waals surface area contributed by atoms with Crippen molar-refractivity contribution in [2.24, 2.45) is 0 Å². The van der Waals surface area contributed by atoms with E-state index in [1.54, 1.807) is 6.07 Å². The van der Waals surface area contributed by atoms with Gasteiger partial charge in [0.05, 0.1) is 0 Å². The third kappa shape index (κ3) is 2.48. The standard InChI is InChI=1S/C11H8Cl2N2O2S/c12-8-3-7(4-9(13)5-8)10(17)15-2-1-14(6-16)11(15)18/h3-6H,1-2H2. The van der Waals surface area contributed by atoms with Gasteiger partial charge in [0, 0.05) is 28.7 Å². The first-order valence-corrected chi connectivity index (χ1v) is 6.23. The molecule has 0 radical (unpaired) electrons. The van der Waals surface area contributed by atoms with E-state index in [-0.39, 0.29) is 11.0 Å². The summed E-state index contributed by atoms with van der Waals surface area (Å²) in [5, 5.41) is 0.956. The summed E-state index contributed by atoms with van der Waals surface area (Å²) in [5.74, 6) is -0.311. The molecule has 0 saturated carbocycles. The van der Waals surface area contributed by atoms with Gasteiger partial charge >= 0.3 is 0 Å². The molecule has 0 aromatic heterocycles. The van der Waals surface area contributed by atoms with Crippen LogP contribution in [0.25, 0.3) is 0 Å². The van der Waals surface area contributed by atoms with E-state index in [9.17, 15) is 9.59 Å². The van der Waals surface area contributed by atoms with E-state index in [0.717, 1.165) is 0 Å². The van der Waals surface area contributed by atoms with Crippen LogP contribution in [-0.4, -0.2) is 40.3 Å². The molecule has 0 atom stereocenters. The van der Waals surface area contributed by atoms with Gasteiger partial charge in [-0.05, 0) is 30.4 Å². The largest absolute Gasteiger partial charge is 0.290 e. The van der Waals surface area contributed by atoms with Gasteiger partial charge in [-0.15, -0.1) is 0 Å². The SMILES string of the molecule is O=CN1CCN(C(=O)c2cc(Cl)cc(Cl)c2)C1=S. The Morgan fingerprint density at radius 1 is 1.22 bits per heavy atom. The molecule has 1 aliphatic rings. The lowest BCUT2D eigenvalue weighted by atomic mass is 10.2. The average molecular weight is 303 g/mol. The second-order valence-electron chi connectivity index (χ2n) is 3.70. The molecule has 7 heteroatoms. The number of hydrogen-bond acceptors (Lipinski definition) is 3. The summed E-state index contributed by atoms with van der Waals surface area (Å²) in [5.41, 5.74) is 0.350. The Morgan fingerprint density at radius 3 is 2.33 bits per heavy atom. The number of amides is 2. The number of halogens is 2. The molecule has 4 nitrogen and oxygen atoms in total. The predicted octanol–water partition coefficient (Wildman–Crippen LogP) is 2.19. The minimum absolute atomic E-state index is 0.200. The van der Waals surface area contributed by atoms with Crippen LogP contribution in [0.3, 0.4) is 0 Å². The number of nitrogens with zero attached hydrogens (tertiary/aromatic N) is 2. The fraction of sp³-hybridized carbons (Fsp3) is 0.182. The van der Waals surface area contributed by atoms with E-state index >= 15 is 0 Å². The van der Waals surface area contributed by atoms with Crippen LogP contribution in [0.5, 0.6) is 0 Å². The van der Waals surface area contributed by atoms with Gasteiger partial charge in [-0.1, -0.05) is 23.2 Å². The van der Waals surface area contributed by atoms with E-state index in [1.165, 1.54) is 21.9 Å². The number of benzene rings is 1. The monoisotopic (exact) mass is 302 g/mol. The van der Waals surface area contributed by atoms with Gasteiger partial charge in [0.1, 0.15) is 0 Å². The van der Waals surface area contributed by atoms with Crippen LogP contribution in [0.4, 0.5) is 0 Å². The first-order chi connectivity index (χ1) is 8.52. The summed E-state index contributed by atoms with van der Waals surface area (Å²) in [6.07, 6.45) is 0.612. The Labute approximate surface area is 119 Å². The van der Waals surface area contributed by atoms with Crippen molar-refractivity contribution in [2.45, 2.75) is 0 Å². The van der Waals surface area contributed by atoms with Crippen molar-refractivity contribution in [2.75, 3.05) is 13.1 Å². The summed E-state index contributed by atoms with van der Waals surface area (Å²) in [6.45, 7) is 0.781. The molecule has 1 heterocycles. The lowest BCUT2D eigenvalue weighted by Crippen LogP contribution is -2.35. The van der Waals surface area contributed by atoms with Gasteiger partial charge in [0.25, 0.3) is 5.91 Å². The molecule has 1 fully saturated rings. The van der Waals surface area contributed by atoms with Crippen LogP contribution in [0, 0.1) is 0 Å². The molecule has 0 N–H and O–H groups in total. The third-order valence-electron chi connectivity index (χ3n) is 2.52. The van der Waals surface area contributed by atoms with Crippen molar-refractivity contribution in [1.29, 1.82) is 0 Å². The fourth-order valence-electron chi connectivity index (χ4n) is 1.67. The summed E-state index contributed by atoms with van der Waals surface area (Å²) in [7, 11) is 0.